The summed E-state index contributed by atoms with van der Waals surface area (Å²) in [4.78, 5) is 10.7. The van der Waals surface area contributed by atoms with Gasteiger partial charge in [0.05, 0.1) is 22.4 Å². The molecule has 0 fully saturated rings. The Morgan fingerprint density at radius 3 is 1.78 bits per heavy atom. The van der Waals surface area contributed by atoms with Crippen molar-refractivity contribution in [2.24, 2.45) is 0 Å². The highest BCUT2D eigenvalue weighted by Gasteiger charge is 2.37. The zero-order valence-corrected chi connectivity index (χ0v) is 33.4. The molecular weight excluding hydrogens is 727 g/mol. The molecule has 0 N–H and O–H groups in total. The van der Waals surface area contributed by atoms with Crippen molar-refractivity contribution in [1.82, 2.24) is 14.5 Å². The summed E-state index contributed by atoms with van der Waals surface area (Å²) in [5.74, 6) is 0.713. The Labute approximate surface area is 348 Å². The van der Waals surface area contributed by atoms with E-state index in [4.69, 9.17) is 9.97 Å². The van der Waals surface area contributed by atoms with E-state index in [1.807, 2.05) is 6.07 Å². The summed E-state index contributed by atoms with van der Waals surface area (Å²) < 4.78 is 2.37. The molecule has 0 aliphatic heterocycles. The number of hydrogen-bond donors (Lipinski definition) is 0. The predicted molar refractivity (Wildman–Crippen MR) is 251 cm³/mol. The lowest BCUT2D eigenvalue weighted by molar-refractivity contribution is 0.661. The normalized spacial score (nSPS) is 13.0. The second-order valence-corrected chi connectivity index (χ2v) is 16.6. The number of para-hydroxylation sites is 2. The topological polar surface area (TPSA) is 30.7 Å². The molecule has 12 rings (SSSR count). The second-order valence-electron chi connectivity index (χ2n) is 16.6. The van der Waals surface area contributed by atoms with E-state index in [-0.39, 0.29) is 5.41 Å². The minimum atomic E-state index is -0.158. The lowest BCUT2D eigenvalue weighted by Gasteiger charge is -2.22. The summed E-state index contributed by atoms with van der Waals surface area (Å²) >= 11 is 0. The maximum atomic E-state index is 5.37. The van der Waals surface area contributed by atoms with Crippen LogP contribution in [0, 0.1) is 0 Å². The molecule has 282 valence electrons. The summed E-state index contributed by atoms with van der Waals surface area (Å²) in [6.45, 7) is 4.70. The molecule has 1 aliphatic rings. The van der Waals surface area contributed by atoms with Gasteiger partial charge < -0.3 is 4.57 Å². The van der Waals surface area contributed by atoms with Crippen LogP contribution in [-0.2, 0) is 5.41 Å². The van der Waals surface area contributed by atoms with Crippen LogP contribution in [0.15, 0.2) is 200 Å². The quantitative estimate of drug-likeness (QED) is 0.175. The molecule has 3 nitrogen and oxygen atoms in total. The number of rotatable bonds is 5. The first-order valence-electron chi connectivity index (χ1n) is 20.7. The molecule has 0 amide bonds. The van der Waals surface area contributed by atoms with Crippen LogP contribution in [0.4, 0.5) is 0 Å². The minimum absolute atomic E-state index is 0.158. The van der Waals surface area contributed by atoms with Crippen LogP contribution in [0.1, 0.15) is 25.0 Å². The van der Waals surface area contributed by atoms with E-state index in [0.29, 0.717) is 5.82 Å². The van der Waals surface area contributed by atoms with Crippen molar-refractivity contribution in [3.63, 3.8) is 0 Å². The number of benzene rings is 9. The second kappa shape index (κ2) is 13.2. The first kappa shape index (κ1) is 34.4. The number of fused-ring (bicyclic) bond motifs is 8. The zero-order chi connectivity index (χ0) is 40.0. The van der Waals surface area contributed by atoms with Crippen LogP contribution in [0.5, 0.6) is 0 Å². The van der Waals surface area contributed by atoms with Crippen LogP contribution >= 0.6 is 0 Å². The molecule has 2 heterocycles. The summed E-state index contributed by atoms with van der Waals surface area (Å²) in [7, 11) is 0. The van der Waals surface area contributed by atoms with Crippen molar-refractivity contribution in [2.45, 2.75) is 19.3 Å². The molecule has 9 aromatic carbocycles. The standard InChI is InChI=1S/C57H39N3/c1-57(2)49-26-15-25-46(55(49)48-32-37-18-9-10-19-38(37)34-50(48)57)52-35-51(58-56(59-52)36-16-5-3-6-17-36)44-30-29-41(42-22-11-12-23-43(42)44)39-28-31-54-47(33-39)45-24-13-14-27-53(45)60(54)40-20-7-4-8-21-40/h3-35H,1-2H3. The first-order valence-corrected chi connectivity index (χ1v) is 20.7. The van der Waals surface area contributed by atoms with Crippen molar-refractivity contribution in [2.75, 3.05) is 0 Å². The highest BCUT2D eigenvalue weighted by Crippen LogP contribution is 2.53. The van der Waals surface area contributed by atoms with E-state index in [2.05, 4.69) is 213 Å². The minimum Gasteiger partial charge on any atom is -0.309 e. The zero-order valence-electron chi connectivity index (χ0n) is 33.4. The van der Waals surface area contributed by atoms with E-state index in [1.54, 1.807) is 0 Å². The predicted octanol–water partition coefficient (Wildman–Crippen LogP) is 14.9. The van der Waals surface area contributed by atoms with E-state index in [1.165, 1.54) is 71.3 Å². The number of hydrogen-bond acceptors (Lipinski definition) is 2. The smallest absolute Gasteiger partial charge is 0.160 e. The van der Waals surface area contributed by atoms with Gasteiger partial charge in [-0.05, 0) is 103 Å². The molecule has 0 radical (unpaired) electrons. The van der Waals surface area contributed by atoms with E-state index in [9.17, 15) is 0 Å². The largest absolute Gasteiger partial charge is 0.309 e. The molecule has 0 saturated heterocycles. The Bertz CT molecular complexity index is 3500. The van der Waals surface area contributed by atoms with Crippen LogP contribution in [0.2, 0.25) is 0 Å². The van der Waals surface area contributed by atoms with E-state index >= 15 is 0 Å². The van der Waals surface area contributed by atoms with Gasteiger partial charge in [0.15, 0.2) is 5.82 Å². The van der Waals surface area contributed by atoms with Crippen LogP contribution < -0.4 is 0 Å². The van der Waals surface area contributed by atoms with Crippen molar-refractivity contribution in [1.29, 1.82) is 0 Å². The summed E-state index contributed by atoms with van der Waals surface area (Å²) in [5, 5.41) is 7.33. The molecule has 3 heteroatoms. The average Bonchev–Trinajstić information content (AvgIpc) is 3.75. The molecular formula is C57H39N3. The molecule has 60 heavy (non-hydrogen) atoms. The Morgan fingerprint density at radius 1 is 0.383 bits per heavy atom. The first-order chi connectivity index (χ1) is 29.5. The van der Waals surface area contributed by atoms with Gasteiger partial charge in [-0.3, -0.25) is 0 Å². The molecule has 0 saturated carbocycles. The molecule has 1 aliphatic carbocycles. The fourth-order valence-electron chi connectivity index (χ4n) is 9.90. The van der Waals surface area contributed by atoms with Crippen molar-refractivity contribution >= 4 is 43.4 Å². The molecule has 11 aromatic rings. The molecule has 0 bridgehead atoms. The van der Waals surface area contributed by atoms with Gasteiger partial charge in [-0.25, -0.2) is 9.97 Å². The molecule has 0 spiro atoms. The lowest BCUT2D eigenvalue weighted by atomic mass is 9.81. The van der Waals surface area contributed by atoms with Gasteiger partial charge in [-0.2, -0.15) is 0 Å². The van der Waals surface area contributed by atoms with Crippen molar-refractivity contribution in [3.05, 3.63) is 211 Å². The van der Waals surface area contributed by atoms with Gasteiger partial charge in [0.1, 0.15) is 0 Å². The van der Waals surface area contributed by atoms with Crippen molar-refractivity contribution < 1.29 is 0 Å². The van der Waals surface area contributed by atoms with E-state index < -0.39 is 0 Å². The maximum Gasteiger partial charge on any atom is 0.160 e. The molecule has 2 aromatic heterocycles. The highest BCUT2D eigenvalue weighted by atomic mass is 15.0. The summed E-state index contributed by atoms with van der Waals surface area (Å²) in [5.41, 5.74) is 16.0. The Morgan fingerprint density at radius 2 is 1.00 bits per heavy atom. The third-order valence-corrected chi connectivity index (χ3v) is 12.8. The van der Waals surface area contributed by atoms with Crippen LogP contribution in [0.3, 0.4) is 0 Å². The van der Waals surface area contributed by atoms with Crippen LogP contribution in [0.25, 0.3) is 105 Å². The van der Waals surface area contributed by atoms with Gasteiger partial charge in [-0.1, -0.05) is 166 Å². The van der Waals surface area contributed by atoms with Crippen molar-refractivity contribution in [3.8, 4) is 61.8 Å². The Kier molecular flexibility index (Phi) is 7.58. The molecule has 0 atom stereocenters. The van der Waals surface area contributed by atoms with Gasteiger partial charge in [0.2, 0.25) is 0 Å². The van der Waals surface area contributed by atoms with Gasteiger partial charge >= 0.3 is 0 Å². The Hall–Kier alpha value is -7.62. The fraction of sp³-hybridized carbons (Fsp3) is 0.0526. The third kappa shape index (κ3) is 5.22. The fourth-order valence-corrected chi connectivity index (χ4v) is 9.90. The molecule has 0 unspecified atom stereocenters. The summed E-state index contributed by atoms with van der Waals surface area (Å²) in [6.07, 6.45) is 0. The highest BCUT2D eigenvalue weighted by molar-refractivity contribution is 6.12. The Balaban J connectivity index is 1.05. The van der Waals surface area contributed by atoms with E-state index in [0.717, 1.165) is 39.2 Å². The SMILES string of the molecule is CC1(C)c2cc3ccccc3cc2-c2c(-c3cc(-c4ccc(-c5ccc6c(c5)c5ccccc5n6-c5ccccc5)c5ccccc45)nc(-c4ccccc4)n3)cccc21. The maximum absolute atomic E-state index is 5.37. The van der Waals surface area contributed by atoms with Gasteiger partial charge in [0.25, 0.3) is 0 Å². The van der Waals surface area contributed by atoms with Gasteiger partial charge in [0, 0.05) is 38.6 Å². The number of nitrogens with zero attached hydrogens (tertiary/aromatic N) is 3. The van der Waals surface area contributed by atoms with Gasteiger partial charge in [-0.15, -0.1) is 0 Å². The number of aromatic nitrogens is 3. The summed E-state index contributed by atoms with van der Waals surface area (Å²) in [6, 6.07) is 72.4. The third-order valence-electron chi connectivity index (χ3n) is 12.8. The monoisotopic (exact) mass is 765 g/mol. The lowest BCUT2D eigenvalue weighted by Crippen LogP contribution is -2.14. The average molecular weight is 766 g/mol. The van der Waals surface area contributed by atoms with Crippen LogP contribution in [-0.4, -0.2) is 14.5 Å².